The van der Waals surface area contributed by atoms with Gasteiger partial charge in [-0.2, -0.15) is 0 Å². The van der Waals surface area contributed by atoms with Crippen molar-refractivity contribution in [1.82, 2.24) is 0 Å². The summed E-state index contributed by atoms with van der Waals surface area (Å²) in [5.41, 5.74) is 0. The van der Waals surface area contributed by atoms with Crippen molar-refractivity contribution in [3.63, 3.8) is 0 Å². The minimum Gasteiger partial charge on any atom is -0.393 e. The highest BCUT2D eigenvalue weighted by Gasteiger charge is 2.35. The van der Waals surface area contributed by atoms with Crippen molar-refractivity contribution in [2.75, 3.05) is 0 Å². The first kappa shape index (κ1) is 22.7. The van der Waals surface area contributed by atoms with Crippen molar-refractivity contribution in [2.45, 2.75) is 99.5 Å². The first-order valence-electron chi connectivity index (χ1n) is 10.9. The molecule has 0 radical (unpaired) electrons. The van der Waals surface area contributed by atoms with E-state index in [-0.39, 0.29) is 17.9 Å². The fraction of sp³-hybridized carbons (Fsp3) is 0.957. The Balaban J connectivity index is 3.09. The van der Waals surface area contributed by atoms with Gasteiger partial charge in [-0.25, -0.2) is 0 Å². The molecule has 25 heavy (non-hydrogen) atoms. The number of ketones is 1. The van der Waals surface area contributed by atoms with E-state index in [0.717, 1.165) is 32.1 Å². The van der Waals surface area contributed by atoms with Gasteiger partial charge in [-0.1, -0.05) is 61.3 Å². The lowest BCUT2D eigenvalue weighted by molar-refractivity contribution is -0.126. The molecule has 2 heteroatoms. The smallest absolute Gasteiger partial charge is 0.136 e. The second-order valence-corrected chi connectivity index (χ2v) is 9.45. The van der Waals surface area contributed by atoms with Crippen molar-refractivity contribution in [3.8, 4) is 0 Å². The molecular formula is C23H44O2. The van der Waals surface area contributed by atoms with Crippen LogP contribution in [0.5, 0.6) is 0 Å². The molecule has 1 fully saturated rings. The molecule has 0 heterocycles. The Morgan fingerprint density at radius 1 is 1.04 bits per heavy atom. The van der Waals surface area contributed by atoms with Gasteiger partial charge in [-0.05, 0) is 61.2 Å². The van der Waals surface area contributed by atoms with Crippen LogP contribution in [0.1, 0.15) is 93.4 Å². The standard InChI is InChI=1S/C23H44O2/c1-8-10-17(5)21-14-22(24)20(9-2)13-16(4)11-15(3)12-18(6)23(25)19(21)7/h15-21,23,25H,8-14H2,1-7H3/t15?,16?,17?,18?,19-,20-,21?,23?/m1/s1. The van der Waals surface area contributed by atoms with Gasteiger partial charge in [0.05, 0.1) is 6.10 Å². The molecule has 1 aliphatic carbocycles. The molecule has 1 N–H and O–H groups in total. The Morgan fingerprint density at radius 3 is 2.20 bits per heavy atom. The maximum absolute atomic E-state index is 13.1. The SMILES string of the molecule is CCCC(C)C1CC(=O)[C@H](CC)CC(C)CC(C)CC(C)C(O)[C@@H]1C. The van der Waals surface area contributed by atoms with Crippen LogP contribution in [0.4, 0.5) is 0 Å². The lowest BCUT2D eigenvalue weighted by Crippen LogP contribution is -2.37. The zero-order chi connectivity index (χ0) is 19.1. The number of hydrogen-bond donors (Lipinski definition) is 1. The van der Waals surface area contributed by atoms with Gasteiger partial charge in [0.25, 0.3) is 0 Å². The molecule has 0 saturated heterocycles. The van der Waals surface area contributed by atoms with E-state index in [9.17, 15) is 9.90 Å². The number of aliphatic hydroxyl groups excluding tert-OH is 1. The Kier molecular flexibility index (Phi) is 9.70. The highest BCUT2D eigenvalue weighted by molar-refractivity contribution is 5.81. The molecule has 1 saturated carbocycles. The van der Waals surface area contributed by atoms with Gasteiger partial charge in [-0.15, -0.1) is 0 Å². The summed E-state index contributed by atoms with van der Waals surface area (Å²) in [5, 5.41) is 11.0. The van der Waals surface area contributed by atoms with Crippen LogP contribution in [-0.4, -0.2) is 17.0 Å². The van der Waals surface area contributed by atoms with Crippen molar-refractivity contribution in [1.29, 1.82) is 0 Å². The molecule has 0 amide bonds. The van der Waals surface area contributed by atoms with E-state index in [1.54, 1.807) is 0 Å². The summed E-state index contributed by atoms with van der Waals surface area (Å²) in [4.78, 5) is 13.1. The molecule has 2 nitrogen and oxygen atoms in total. The molecule has 0 aromatic carbocycles. The fourth-order valence-corrected chi connectivity index (χ4v) is 5.41. The Labute approximate surface area is 157 Å². The monoisotopic (exact) mass is 352 g/mol. The topological polar surface area (TPSA) is 37.3 Å². The van der Waals surface area contributed by atoms with Crippen LogP contribution in [0.2, 0.25) is 0 Å². The van der Waals surface area contributed by atoms with E-state index in [2.05, 4.69) is 48.5 Å². The quantitative estimate of drug-likeness (QED) is 0.662. The number of carbonyl (C=O) groups excluding carboxylic acids is 1. The van der Waals surface area contributed by atoms with E-state index in [0.29, 0.717) is 41.8 Å². The molecule has 1 aliphatic rings. The largest absolute Gasteiger partial charge is 0.393 e. The zero-order valence-corrected chi connectivity index (χ0v) is 17.9. The van der Waals surface area contributed by atoms with E-state index in [1.165, 1.54) is 6.42 Å². The molecule has 6 unspecified atom stereocenters. The Morgan fingerprint density at radius 2 is 1.64 bits per heavy atom. The third-order valence-electron chi connectivity index (χ3n) is 6.92. The highest BCUT2D eigenvalue weighted by atomic mass is 16.3. The summed E-state index contributed by atoms with van der Waals surface area (Å²) >= 11 is 0. The average Bonchev–Trinajstić information content (AvgIpc) is 2.54. The number of aliphatic hydroxyl groups is 1. The average molecular weight is 353 g/mol. The van der Waals surface area contributed by atoms with Gasteiger partial charge < -0.3 is 5.11 Å². The van der Waals surface area contributed by atoms with E-state index < -0.39 is 0 Å². The molecule has 8 atom stereocenters. The maximum Gasteiger partial charge on any atom is 0.136 e. The molecule has 1 rings (SSSR count). The van der Waals surface area contributed by atoms with Crippen molar-refractivity contribution in [3.05, 3.63) is 0 Å². The number of Topliss-reactive ketones (excluding diaryl/α,β-unsaturated/α-hetero) is 1. The van der Waals surface area contributed by atoms with Crippen molar-refractivity contribution in [2.24, 2.45) is 41.4 Å². The molecular weight excluding hydrogens is 308 g/mol. The highest BCUT2D eigenvalue weighted by Crippen LogP contribution is 2.37. The van der Waals surface area contributed by atoms with Crippen LogP contribution in [0, 0.1) is 41.4 Å². The van der Waals surface area contributed by atoms with Crippen LogP contribution in [0.15, 0.2) is 0 Å². The predicted molar refractivity (Wildman–Crippen MR) is 107 cm³/mol. The second-order valence-electron chi connectivity index (χ2n) is 9.45. The molecule has 0 aromatic heterocycles. The van der Waals surface area contributed by atoms with Gasteiger partial charge in [0.1, 0.15) is 5.78 Å². The maximum atomic E-state index is 13.1. The zero-order valence-electron chi connectivity index (χ0n) is 17.9. The summed E-state index contributed by atoms with van der Waals surface area (Å²) in [6.07, 6.45) is 6.92. The van der Waals surface area contributed by atoms with Gasteiger partial charge in [0.2, 0.25) is 0 Å². The minimum atomic E-state index is -0.297. The van der Waals surface area contributed by atoms with Crippen LogP contribution < -0.4 is 0 Å². The summed E-state index contributed by atoms with van der Waals surface area (Å²) in [6, 6.07) is 0. The summed E-state index contributed by atoms with van der Waals surface area (Å²) < 4.78 is 0. The first-order chi connectivity index (χ1) is 11.7. The van der Waals surface area contributed by atoms with E-state index in [4.69, 9.17) is 0 Å². The molecule has 0 spiro atoms. The molecule has 0 bridgehead atoms. The van der Waals surface area contributed by atoms with Crippen molar-refractivity contribution < 1.29 is 9.90 Å². The van der Waals surface area contributed by atoms with Crippen molar-refractivity contribution >= 4 is 5.78 Å². The number of hydrogen-bond acceptors (Lipinski definition) is 2. The van der Waals surface area contributed by atoms with E-state index >= 15 is 0 Å². The predicted octanol–water partition coefficient (Wildman–Crippen LogP) is 6.11. The third kappa shape index (κ3) is 6.70. The lowest BCUT2D eigenvalue weighted by atomic mass is 9.70. The lowest BCUT2D eigenvalue weighted by Gasteiger charge is -2.37. The molecule has 0 aromatic rings. The van der Waals surface area contributed by atoms with Gasteiger partial charge in [0.15, 0.2) is 0 Å². The Bertz CT molecular complexity index is 392. The van der Waals surface area contributed by atoms with Gasteiger partial charge >= 0.3 is 0 Å². The van der Waals surface area contributed by atoms with E-state index in [1.807, 2.05) is 0 Å². The second kappa shape index (κ2) is 10.7. The van der Waals surface area contributed by atoms with Gasteiger partial charge in [-0.3, -0.25) is 4.79 Å². The molecule has 148 valence electrons. The first-order valence-corrected chi connectivity index (χ1v) is 10.9. The third-order valence-corrected chi connectivity index (χ3v) is 6.92. The summed E-state index contributed by atoms with van der Waals surface area (Å²) in [5.74, 6) is 3.18. The van der Waals surface area contributed by atoms with Crippen LogP contribution in [0.25, 0.3) is 0 Å². The minimum absolute atomic E-state index is 0.196. The van der Waals surface area contributed by atoms with Crippen LogP contribution in [0.3, 0.4) is 0 Å². The normalized spacial score (nSPS) is 40.2. The number of carbonyl (C=O) groups is 1. The number of rotatable bonds is 4. The Hall–Kier alpha value is -0.370. The summed E-state index contributed by atoms with van der Waals surface area (Å²) in [7, 11) is 0. The fourth-order valence-electron chi connectivity index (χ4n) is 5.41. The van der Waals surface area contributed by atoms with Crippen LogP contribution in [-0.2, 0) is 4.79 Å². The summed E-state index contributed by atoms with van der Waals surface area (Å²) in [6.45, 7) is 15.7. The molecule has 0 aliphatic heterocycles. The van der Waals surface area contributed by atoms with Gasteiger partial charge in [0, 0.05) is 12.3 Å². The van der Waals surface area contributed by atoms with Crippen LogP contribution >= 0.6 is 0 Å².